The minimum absolute atomic E-state index is 0.0441. The van der Waals surface area contributed by atoms with E-state index in [2.05, 4.69) is 66.6 Å². The van der Waals surface area contributed by atoms with Gasteiger partial charge < -0.3 is 4.90 Å². The van der Waals surface area contributed by atoms with E-state index in [0.717, 1.165) is 28.6 Å². The largest absolute Gasteiger partial charge is 0.338 e. The number of carbonyl (C=O) groups excluding carboxylic acids is 1. The Morgan fingerprint density at radius 1 is 1.14 bits per heavy atom. The van der Waals surface area contributed by atoms with E-state index < -0.39 is 10.0 Å². The summed E-state index contributed by atoms with van der Waals surface area (Å²) in [6.45, 7) is 11.9. The van der Waals surface area contributed by atoms with Crippen molar-refractivity contribution in [1.29, 1.82) is 0 Å². The molecule has 0 radical (unpaired) electrons. The molecule has 1 aliphatic heterocycles. The summed E-state index contributed by atoms with van der Waals surface area (Å²) in [6.07, 6.45) is 2.69. The Bertz CT molecular complexity index is 1320. The molecule has 9 heteroatoms. The van der Waals surface area contributed by atoms with Gasteiger partial charge in [-0.25, -0.2) is 17.8 Å². The molecule has 36 heavy (non-hydrogen) atoms. The lowest BCUT2D eigenvalue weighted by atomic mass is 9.86. The third-order valence-corrected chi connectivity index (χ3v) is 7.50. The zero-order chi connectivity index (χ0) is 25.9. The first-order chi connectivity index (χ1) is 17.0. The van der Waals surface area contributed by atoms with E-state index in [1.165, 1.54) is 5.56 Å². The number of nitrogens with one attached hydrogen (secondary N) is 1. The van der Waals surface area contributed by atoms with Crippen molar-refractivity contribution >= 4 is 15.9 Å². The van der Waals surface area contributed by atoms with Gasteiger partial charge in [-0.15, -0.1) is 5.10 Å². The molecular formula is C27H33N5O3S. The number of carbonyl (C=O) groups is 1. The number of likely N-dealkylation sites (tertiary alicyclic amines) is 1. The molecular weight excluding hydrogens is 474 g/mol. The molecule has 0 aliphatic carbocycles. The fourth-order valence-corrected chi connectivity index (χ4v) is 4.83. The normalized spacial score (nSPS) is 16.3. The lowest BCUT2D eigenvalue weighted by Gasteiger charge is -2.18. The smallest absolute Gasteiger partial charge is 0.253 e. The van der Waals surface area contributed by atoms with Crippen molar-refractivity contribution in [3.8, 4) is 11.3 Å². The number of sulfonamides is 1. The van der Waals surface area contributed by atoms with Gasteiger partial charge in [0, 0.05) is 36.2 Å². The molecule has 1 atom stereocenters. The molecule has 4 rings (SSSR count). The number of amides is 1. The van der Waals surface area contributed by atoms with Crippen LogP contribution in [0.2, 0.25) is 0 Å². The Labute approximate surface area is 213 Å². The predicted octanol–water partition coefficient (Wildman–Crippen LogP) is 3.82. The molecule has 2 aromatic carbocycles. The molecule has 8 nitrogen and oxygen atoms in total. The summed E-state index contributed by atoms with van der Waals surface area (Å²) in [6, 6.07) is 15.9. The number of nitrogens with zero attached hydrogens (tertiary/aromatic N) is 4. The first kappa shape index (κ1) is 25.8. The van der Waals surface area contributed by atoms with Crippen LogP contribution in [0, 0.1) is 5.92 Å². The van der Waals surface area contributed by atoms with Gasteiger partial charge in [-0.05, 0) is 41.0 Å². The quantitative estimate of drug-likeness (QED) is 0.500. The maximum absolute atomic E-state index is 12.9. The molecule has 1 fully saturated rings. The highest BCUT2D eigenvalue weighted by atomic mass is 32.2. The molecule has 1 unspecified atom stereocenters. The van der Waals surface area contributed by atoms with Crippen molar-refractivity contribution in [3.05, 3.63) is 83.4 Å². The van der Waals surface area contributed by atoms with Crippen molar-refractivity contribution in [2.45, 2.75) is 39.2 Å². The Morgan fingerprint density at radius 3 is 2.47 bits per heavy atom. The number of hydrogen-bond acceptors (Lipinski definition) is 5. The Kier molecular flexibility index (Phi) is 7.42. The van der Waals surface area contributed by atoms with Crippen molar-refractivity contribution in [3.63, 3.8) is 0 Å². The van der Waals surface area contributed by atoms with E-state index in [0.29, 0.717) is 31.7 Å². The van der Waals surface area contributed by atoms with Gasteiger partial charge in [-0.3, -0.25) is 4.79 Å². The van der Waals surface area contributed by atoms with Crippen LogP contribution >= 0.6 is 0 Å². The molecule has 1 aromatic heterocycles. The first-order valence-corrected chi connectivity index (χ1v) is 13.6. The second-order valence-electron chi connectivity index (χ2n) is 10.3. The van der Waals surface area contributed by atoms with Crippen LogP contribution in [0.4, 0.5) is 0 Å². The third-order valence-electron chi connectivity index (χ3n) is 6.50. The maximum Gasteiger partial charge on any atom is 0.253 e. The molecule has 190 valence electrons. The zero-order valence-electron chi connectivity index (χ0n) is 21.0. The van der Waals surface area contributed by atoms with E-state index in [-0.39, 0.29) is 17.2 Å². The summed E-state index contributed by atoms with van der Waals surface area (Å²) >= 11 is 0. The van der Waals surface area contributed by atoms with Gasteiger partial charge in [0.15, 0.2) is 0 Å². The Balaban J connectivity index is 1.33. The average Bonchev–Trinajstić information content (AvgIpc) is 3.52. The van der Waals surface area contributed by atoms with Crippen LogP contribution < -0.4 is 4.72 Å². The van der Waals surface area contributed by atoms with Crippen molar-refractivity contribution in [2.24, 2.45) is 5.92 Å². The SMILES string of the molecule is C=CS(=O)(=O)NCC1CCN(C(=O)c2ccc(Cn3cc(-c4ccc(C(C)(C)C)cc4)nn3)cc2)C1. The van der Waals surface area contributed by atoms with Gasteiger partial charge in [0.25, 0.3) is 5.91 Å². The topological polar surface area (TPSA) is 97.2 Å². The van der Waals surface area contributed by atoms with E-state index in [9.17, 15) is 13.2 Å². The van der Waals surface area contributed by atoms with Gasteiger partial charge in [-0.1, -0.05) is 69.0 Å². The maximum atomic E-state index is 12.9. The molecule has 1 N–H and O–H groups in total. The molecule has 0 spiro atoms. The number of benzene rings is 2. The second kappa shape index (κ2) is 10.4. The molecule has 1 amide bonds. The summed E-state index contributed by atoms with van der Waals surface area (Å²) in [7, 11) is -3.45. The van der Waals surface area contributed by atoms with Gasteiger partial charge in [0.1, 0.15) is 5.69 Å². The van der Waals surface area contributed by atoms with E-state index in [1.807, 2.05) is 30.5 Å². The highest BCUT2D eigenvalue weighted by Gasteiger charge is 2.27. The first-order valence-electron chi connectivity index (χ1n) is 12.1. The second-order valence-corrected chi connectivity index (χ2v) is 12.0. The Morgan fingerprint density at radius 2 is 1.83 bits per heavy atom. The van der Waals surface area contributed by atoms with Gasteiger partial charge in [0.2, 0.25) is 10.0 Å². The van der Waals surface area contributed by atoms with E-state index >= 15 is 0 Å². The monoisotopic (exact) mass is 507 g/mol. The highest BCUT2D eigenvalue weighted by Crippen LogP contribution is 2.25. The van der Waals surface area contributed by atoms with Crippen molar-refractivity contribution in [2.75, 3.05) is 19.6 Å². The minimum atomic E-state index is -3.45. The molecule has 0 bridgehead atoms. The van der Waals surface area contributed by atoms with Crippen LogP contribution in [0.5, 0.6) is 0 Å². The third kappa shape index (κ3) is 6.27. The van der Waals surface area contributed by atoms with Crippen LogP contribution in [0.15, 0.2) is 66.7 Å². The molecule has 1 saturated heterocycles. The summed E-state index contributed by atoms with van der Waals surface area (Å²) < 4.78 is 27.4. The summed E-state index contributed by atoms with van der Waals surface area (Å²) in [5, 5.41) is 9.48. The fourth-order valence-electron chi connectivity index (χ4n) is 4.25. The predicted molar refractivity (Wildman–Crippen MR) is 141 cm³/mol. The van der Waals surface area contributed by atoms with Crippen molar-refractivity contribution in [1.82, 2.24) is 24.6 Å². The summed E-state index contributed by atoms with van der Waals surface area (Å²) in [4.78, 5) is 14.7. The summed E-state index contributed by atoms with van der Waals surface area (Å²) in [5.41, 5.74) is 4.85. The van der Waals surface area contributed by atoms with Gasteiger partial charge in [0.05, 0.1) is 12.7 Å². The van der Waals surface area contributed by atoms with Gasteiger partial charge in [-0.2, -0.15) is 0 Å². The number of aromatic nitrogens is 3. The Hall–Kier alpha value is -3.30. The lowest BCUT2D eigenvalue weighted by molar-refractivity contribution is 0.0787. The van der Waals surface area contributed by atoms with Crippen LogP contribution in [-0.4, -0.2) is 53.9 Å². The fraction of sp³-hybridized carbons (Fsp3) is 0.370. The van der Waals surface area contributed by atoms with Crippen LogP contribution in [0.25, 0.3) is 11.3 Å². The zero-order valence-corrected chi connectivity index (χ0v) is 21.8. The van der Waals surface area contributed by atoms with Crippen LogP contribution in [-0.2, 0) is 22.0 Å². The average molecular weight is 508 g/mol. The van der Waals surface area contributed by atoms with E-state index in [4.69, 9.17) is 0 Å². The van der Waals surface area contributed by atoms with E-state index in [1.54, 1.807) is 9.58 Å². The van der Waals surface area contributed by atoms with Gasteiger partial charge >= 0.3 is 0 Å². The number of hydrogen-bond donors (Lipinski definition) is 1. The lowest BCUT2D eigenvalue weighted by Crippen LogP contribution is -2.32. The van der Waals surface area contributed by atoms with Crippen LogP contribution in [0.3, 0.4) is 0 Å². The molecule has 3 aromatic rings. The summed E-state index contributed by atoms with van der Waals surface area (Å²) in [5.74, 6) is 0.0477. The highest BCUT2D eigenvalue weighted by molar-refractivity contribution is 7.92. The van der Waals surface area contributed by atoms with Crippen LogP contribution in [0.1, 0.15) is 48.7 Å². The molecule has 1 aliphatic rings. The minimum Gasteiger partial charge on any atom is -0.338 e. The molecule has 2 heterocycles. The number of rotatable bonds is 8. The van der Waals surface area contributed by atoms with Crippen molar-refractivity contribution < 1.29 is 13.2 Å². The molecule has 0 saturated carbocycles. The standard InChI is InChI=1S/C27H33N5O3S/c1-5-36(34,35)28-16-21-14-15-31(17-21)26(33)23-8-6-20(7-9-23)18-32-19-25(29-30-32)22-10-12-24(13-11-22)27(2,3)4/h5-13,19,21,28H,1,14-18H2,2-4H3.